The van der Waals surface area contributed by atoms with Gasteiger partial charge in [0.2, 0.25) is 0 Å². The quantitative estimate of drug-likeness (QED) is 0.836. The highest BCUT2D eigenvalue weighted by atomic mass is 16.4. The smallest absolute Gasteiger partial charge is 0.195 e. The van der Waals surface area contributed by atoms with Gasteiger partial charge < -0.3 is 9.73 Å². The Morgan fingerprint density at radius 2 is 2.25 bits per heavy atom. The highest BCUT2D eigenvalue weighted by Gasteiger charge is 2.21. The van der Waals surface area contributed by atoms with Gasteiger partial charge in [-0.05, 0) is 19.4 Å². The van der Waals surface area contributed by atoms with E-state index in [9.17, 15) is 0 Å². The fraction of sp³-hybridized carbons (Fsp3) is 0.769. The lowest BCUT2D eigenvalue weighted by atomic mass is 9.94. The molecule has 0 radical (unpaired) electrons. The van der Waals surface area contributed by atoms with Crippen molar-refractivity contribution in [3.05, 3.63) is 17.8 Å². The minimum Gasteiger partial charge on any atom is -0.445 e. The predicted molar refractivity (Wildman–Crippen MR) is 64.5 cm³/mol. The molecule has 1 atom stereocenters. The van der Waals surface area contributed by atoms with E-state index < -0.39 is 0 Å². The van der Waals surface area contributed by atoms with Crippen molar-refractivity contribution in [2.24, 2.45) is 0 Å². The van der Waals surface area contributed by atoms with Gasteiger partial charge in [-0.15, -0.1) is 0 Å². The number of hydrogen-bond donors (Lipinski definition) is 1. The van der Waals surface area contributed by atoms with E-state index >= 15 is 0 Å². The molecule has 3 heteroatoms. The van der Waals surface area contributed by atoms with Crippen molar-refractivity contribution in [1.29, 1.82) is 0 Å². The largest absolute Gasteiger partial charge is 0.445 e. The molecular formula is C13H22N2O. The summed E-state index contributed by atoms with van der Waals surface area (Å²) >= 11 is 0. The van der Waals surface area contributed by atoms with E-state index in [0.29, 0.717) is 6.04 Å². The summed E-state index contributed by atoms with van der Waals surface area (Å²) in [4.78, 5) is 4.37. The van der Waals surface area contributed by atoms with Crippen LogP contribution < -0.4 is 5.32 Å². The molecule has 1 aromatic heterocycles. The summed E-state index contributed by atoms with van der Waals surface area (Å²) in [6.07, 6.45) is 6.67. The van der Waals surface area contributed by atoms with Crippen LogP contribution in [0.1, 0.15) is 51.7 Å². The number of nitrogens with zero attached hydrogens (tertiary/aromatic N) is 1. The van der Waals surface area contributed by atoms with Gasteiger partial charge in [-0.1, -0.05) is 27.2 Å². The van der Waals surface area contributed by atoms with E-state index in [4.69, 9.17) is 4.42 Å². The molecule has 1 unspecified atom stereocenters. The molecule has 0 saturated carbocycles. The van der Waals surface area contributed by atoms with Gasteiger partial charge in [0.25, 0.3) is 0 Å². The molecule has 0 spiro atoms. The maximum Gasteiger partial charge on any atom is 0.195 e. The molecule has 0 aromatic carbocycles. The van der Waals surface area contributed by atoms with Gasteiger partial charge in [-0.25, -0.2) is 4.98 Å². The van der Waals surface area contributed by atoms with Crippen molar-refractivity contribution in [3.8, 4) is 0 Å². The Hall–Kier alpha value is -0.830. The number of aromatic nitrogens is 1. The van der Waals surface area contributed by atoms with Crippen LogP contribution in [0.25, 0.3) is 0 Å². The molecule has 1 N–H and O–H groups in total. The molecule has 1 aliphatic rings. The normalized spacial score (nSPS) is 22.3. The van der Waals surface area contributed by atoms with Crippen LogP contribution in [0.5, 0.6) is 0 Å². The first-order valence-corrected chi connectivity index (χ1v) is 6.24. The Kier molecular flexibility index (Phi) is 3.33. The molecule has 0 amide bonds. The summed E-state index contributed by atoms with van der Waals surface area (Å²) in [6.45, 7) is 7.58. The molecular weight excluding hydrogens is 200 g/mol. The Balaban J connectivity index is 1.97. The van der Waals surface area contributed by atoms with Crippen LogP contribution in [0, 0.1) is 0 Å². The van der Waals surface area contributed by atoms with Crippen LogP contribution in [0.3, 0.4) is 0 Å². The van der Waals surface area contributed by atoms with Gasteiger partial charge in [0, 0.05) is 17.9 Å². The molecule has 2 rings (SSSR count). The molecule has 1 fully saturated rings. The zero-order chi connectivity index (χ0) is 11.6. The van der Waals surface area contributed by atoms with Gasteiger partial charge in [0.1, 0.15) is 5.76 Å². The summed E-state index contributed by atoms with van der Waals surface area (Å²) in [5, 5.41) is 3.52. The third-order valence-electron chi connectivity index (χ3n) is 3.13. The number of nitrogens with one attached hydrogen (secondary N) is 1. The molecule has 3 nitrogen and oxygen atoms in total. The second-order valence-corrected chi connectivity index (χ2v) is 5.72. The first-order chi connectivity index (χ1) is 7.55. The molecule has 2 heterocycles. The average Bonchev–Trinajstić information content (AvgIpc) is 2.67. The monoisotopic (exact) mass is 222 g/mol. The Morgan fingerprint density at radius 1 is 1.44 bits per heavy atom. The molecule has 0 bridgehead atoms. The maximum atomic E-state index is 5.80. The second-order valence-electron chi connectivity index (χ2n) is 5.72. The fourth-order valence-corrected chi connectivity index (χ4v) is 2.06. The Labute approximate surface area is 97.6 Å². The zero-order valence-corrected chi connectivity index (χ0v) is 10.5. The minimum absolute atomic E-state index is 0.0608. The highest BCUT2D eigenvalue weighted by molar-refractivity contribution is 5.06. The maximum absolute atomic E-state index is 5.80. The topological polar surface area (TPSA) is 38.1 Å². The molecule has 1 aromatic rings. The van der Waals surface area contributed by atoms with Gasteiger partial charge in [-0.2, -0.15) is 0 Å². The molecule has 0 aliphatic carbocycles. The number of piperidine rings is 1. The van der Waals surface area contributed by atoms with Crippen LogP contribution in [-0.2, 0) is 11.8 Å². The number of rotatable bonds is 2. The lowest BCUT2D eigenvalue weighted by Gasteiger charge is -2.22. The van der Waals surface area contributed by atoms with Gasteiger partial charge in [-0.3, -0.25) is 0 Å². The van der Waals surface area contributed by atoms with Crippen molar-refractivity contribution in [2.75, 3.05) is 6.54 Å². The van der Waals surface area contributed by atoms with Gasteiger partial charge in [0.05, 0.1) is 6.20 Å². The summed E-state index contributed by atoms with van der Waals surface area (Å²) < 4.78 is 5.80. The van der Waals surface area contributed by atoms with E-state index in [1.807, 2.05) is 6.20 Å². The highest BCUT2D eigenvalue weighted by Crippen LogP contribution is 2.23. The van der Waals surface area contributed by atoms with E-state index in [1.165, 1.54) is 19.3 Å². The average molecular weight is 222 g/mol. The van der Waals surface area contributed by atoms with Crippen molar-refractivity contribution in [1.82, 2.24) is 10.3 Å². The van der Waals surface area contributed by atoms with E-state index in [0.717, 1.165) is 24.6 Å². The van der Waals surface area contributed by atoms with Crippen molar-refractivity contribution in [2.45, 2.75) is 57.9 Å². The molecule has 1 saturated heterocycles. The third kappa shape index (κ3) is 2.85. The lowest BCUT2D eigenvalue weighted by Crippen LogP contribution is -2.35. The van der Waals surface area contributed by atoms with Crippen LogP contribution in [-0.4, -0.2) is 17.6 Å². The third-order valence-corrected chi connectivity index (χ3v) is 3.13. The summed E-state index contributed by atoms with van der Waals surface area (Å²) in [7, 11) is 0. The predicted octanol–water partition coefficient (Wildman–Crippen LogP) is 2.66. The fourth-order valence-electron chi connectivity index (χ4n) is 2.06. The first kappa shape index (κ1) is 11.6. The van der Waals surface area contributed by atoms with Crippen LogP contribution in [0.15, 0.2) is 10.6 Å². The van der Waals surface area contributed by atoms with Crippen molar-refractivity contribution in [3.63, 3.8) is 0 Å². The van der Waals surface area contributed by atoms with E-state index in [-0.39, 0.29) is 5.41 Å². The van der Waals surface area contributed by atoms with Crippen LogP contribution >= 0.6 is 0 Å². The minimum atomic E-state index is 0.0608. The molecule has 16 heavy (non-hydrogen) atoms. The molecule has 90 valence electrons. The number of hydrogen-bond acceptors (Lipinski definition) is 3. The summed E-state index contributed by atoms with van der Waals surface area (Å²) in [5.74, 6) is 1.86. The Morgan fingerprint density at radius 3 is 2.81 bits per heavy atom. The second kappa shape index (κ2) is 4.58. The zero-order valence-electron chi connectivity index (χ0n) is 10.5. The standard InChI is InChI=1S/C13H22N2O/c1-13(2,3)11-9-15-12(16-11)8-10-6-4-5-7-14-10/h9-10,14H,4-8H2,1-3H3. The Bertz CT molecular complexity index is 332. The van der Waals surface area contributed by atoms with E-state index in [1.54, 1.807) is 0 Å². The van der Waals surface area contributed by atoms with Gasteiger partial charge >= 0.3 is 0 Å². The van der Waals surface area contributed by atoms with E-state index in [2.05, 4.69) is 31.1 Å². The first-order valence-electron chi connectivity index (χ1n) is 6.24. The number of oxazole rings is 1. The molecule has 1 aliphatic heterocycles. The van der Waals surface area contributed by atoms with Crippen molar-refractivity contribution < 1.29 is 4.42 Å². The summed E-state index contributed by atoms with van der Waals surface area (Å²) in [5.41, 5.74) is 0.0608. The van der Waals surface area contributed by atoms with Crippen LogP contribution in [0.4, 0.5) is 0 Å². The van der Waals surface area contributed by atoms with Crippen molar-refractivity contribution >= 4 is 0 Å². The van der Waals surface area contributed by atoms with Crippen LogP contribution in [0.2, 0.25) is 0 Å². The summed E-state index contributed by atoms with van der Waals surface area (Å²) in [6, 6.07) is 0.556. The lowest BCUT2D eigenvalue weighted by molar-refractivity contribution is 0.340. The van der Waals surface area contributed by atoms with Gasteiger partial charge in [0.15, 0.2) is 5.89 Å². The SMILES string of the molecule is CC(C)(C)c1cnc(CC2CCCCN2)o1.